The zero-order chi connectivity index (χ0) is 19.1. The zero-order valence-corrected chi connectivity index (χ0v) is 14.6. The lowest BCUT2D eigenvalue weighted by Crippen LogP contribution is -2.41. The van der Waals surface area contributed by atoms with Crippen LogP contribution in [0.5, 0.6) is 5.75 Å². The van der Waals surface area contributed by atoms with Crippen molar-refractivity contribution in [3.05, 3.63) is 47.8 Å². The highest BCUT2D eigenvalue weighted by molar-refractivity contribution is 5.47. The third-order valence-corrected chi connectivity index (χ3v) is 5.11. The first-order valence-corrected chi connectivity index (χ1v) is 8.60. The van der Waals surface area contributed by atoms with Crippen LogP contribution in [0.15, 0.2) is 36.4 Å². The number of alkyl halides is 3. The summed E-state index contributed by atoms with van der Waals surface area (Å²) < 4.78 is 45.3. The van der Waals surface area contributed by atoms with E-state index in [1.165, 1.54) is 6.07 Å². The Bertz CT molecular complexity index is 965. The number of halogens is 3. The molecule has 1 aromatic carbocycles. The molecule has 0 unspecified atom stereocenters. The van der Waals surface area contributed by atoms with Crippen molar-refractivity contribution in [1.82, 2.24) is 19.8 Å². The van der Waals surface area contributed by atoms with Crippen molar-refractivity contribution in [3.63, 3.8) is 0 Å². The van der Waals surface area contributed by atoms with Crippen LogP contribution in [-0.2, 0) is 11.6 Å². The first-order valence-electron chi connectivity index (χ1n) is 8.60. The van der Waals surface area contributed by atoms with Gasteiger partial charge in [0.2, 0.25) is 0 Å². The number of rotatable bonds is 5. The Morgan fingerprint density at radius 3 is 2.59 bits per heavy atom. The number of para-hydroxylation sites is 1. The van der Waals surface area contributed by atoms with E-state index in [1.807, 2.05) is 24.3 Å². The third-order valence-electron chi connectivity index (χ3n) is 5.11. The molecule has 0 bridgehead atoms. The molecule has 3 aromatic rings. The molecule has 0 aliphatic heterocycles. The Hall–Kier alpha value is -2.84. The van der Waals surface area contributed by atoms with Crippen molar-refractivity contribution in [2.75, 3.05) is 19.0 Å². The second-order valence-electron chi connectivity index (χ2n) is 6.70. The zero-order valence-electron chi connectivity index (χ0n) is 14.6. The van der Waals surface area contributed by atoms with E-state index in [0.29, 0.717) is 12.4 Å². The Morgan fingerprint density at radius 2 is 1.93 bits per heavy atom. The van der Waals surface area contributed by atoms with Gasteiger partial charge in [-0.05, 0) is 31.0 Å². The molecule has 1 saturated carbocycles. The SMILES string of the molecule is COc1ccccc1C1(CNc2ccc3nnc(C(F)(F)F)n3n2)CCC1. The highest BCUT2D eigenvalue weighted by atomic mass is 19.4. The average molecular weight is 377 g/mol. The number of ether oxygens (including phenoxy) is 1. The molecule has 0 saturated heterocycles. The van der Waals surface area contributed by atoms with Gasteiger partial charge in [0.25, 0.3) is 5.82 Å². The average Bonchev–Trinajstić information content (AvgIpc) is 3.05. The maximum atomic E-state index is 13.0. The smallest absolute Gasteiger partial charge is 0.453 e. The summed E-state index contributed by atoms with van der Waals surface area (Å²) in [6.07, 6.45) is -1.57. The standard InChI is InChI=1S/C18H18F3N5O/c1-27-13-6-3-2-5-12(13)17(9-4-10-17)11-22-14-7-8-15-23-24-16(18(19,20)21)26(15)25-14/h2-3,5-8H,4,9-11H2,1H3,(H,22,25). The summed E-state index contributed by atoms with van der Waals surface area (Å²) in [5.74, 6) is 0.0267. The molecule has 4 rings (SSSR count). The molecule has 0 spiro atoms. The van der Waals surface area contributed by atoms with E-state index < -0.39 is 12.0 Å². The fraction of sp³-hybridized carbons (Fsp3) is 0.389. The van der Waals surface area contributed by atoms with Gasteiger partial charge in [-0.25, -0.2) is 0 Å². The summed E-state index contributed by atoms with van der Waals surface area (Å²) >= 11 is 0. The number of anilines is 1. The first kappa shape index (κ1) is 17.6. The first-order chi connectivity index (χ1) is 12.9. The van der Waals surface area contributed by atoms with Gasteiger partial charge in [-0.1, -0.05) is 24.6 Å². The largest absolute Gasteiger partial charge is 0.496 e. The molecule has 27 heavy (non-hydrogen) atoms. The highest BCUT2D eigenvalue weighted by Crippen LogP contribution is 2.47. The van der Waals surface area contributed by atoms with E-state index in [-0.39, 0.29) is 11.1 Å². The molecule has 1 aliphatic rings. The number of methoxy groups -OCH3 is 1. The van der Waals surface area contributed by atoms with E-state index in [9.17, 15) is 13.2 Å². The predicted molar refractivity (Wildman–Crippen MR) is 92.8 cm³/mol. The normalized spacial score (nSPS) is 16.1. The van der Waals surface area contributed by atoms with Crippen molar-refractivity contribution in [3.8, 4) is 5.75 Å². The number of nitrogens with one attached hydrogen (secondary N) is 1. The molecule has 0 amide bonds. The van der Waals surface area contributed by atoms with Gasteiger partial charge in [-0.2, -0.15) is 17.7 Å². The molecule has 9 heteroatoms. The van der Waals surface area contributed by atoms with Gasteiger partial charge in [0.1, 0.15) is 11.6 Å². The van der Waals surface area contributed by atoms with Gasteiger partial charge >= 0.3 is 6.18 Å². The van der Waals surface area contributed by atoms with Crippen LogP contribution in [0.4, 0.5) is 19.0 Å². The Labute approximate surface area is 153 Å². The van der Waals surface area contributed by atoms with E-state index in [1.54, 1.807) is 13.2 Å². The van der Waals surface area contributed by atoms with Gasteiger partial charge in [0.15, 0.2) is 5.65 Å². The van der Waals surface area contributed by atoms with Crippen LogP contribution in [0.3, 0.4) is 0 Å². The van der Waals surface area contributed by atoms with Gasteiger partial charge in [-0.3, -0.25) is 0 Å². The summed E-state index contributed by atoms with van der Waals surface area (Å²) in [5, 5.41) is 13.9. The quantitative estimate of drug-likeness (QED) is 0.735. The minimum atomic E-state index is -4.61. The number of benzene rings is 1. The monoisotopic (exact) mass is 377 g/mol. The fourth-order valence-corrected chi connectivity index (χ4v) is 3.55. The lowest BCUT2D eigenvalue weighted by Gasteiger charge is -2.43. The Balaban J connectivity index is 1.61. The van der Waals surface area contributed by atoms with E-state index in [0.717, 1.165) is 35.1 Å². The number of nitrogens with zero attached hydrogens (tertiary/aromatic N) is 4. The van der Waals surface area contributed by atoms with E-state index >= 15 is 0 Å². The summed E-state index contributed by atoms with van der Waals surface area (Å²) in [6, 6.07) is 10.9. The molecule has 6 nitrogen and oxygen atoms in total. The molecule has 1 aliphatic carbocycles. The maximum Gasteiger partial charge on any atom is 0.453 e. The molecule has 142 valence electrons. The van der Waals surface area contributed by atoms with Gasteiger partial charge in [0.05, 0.1) is 7.11 Å². The molecule has 2 aromatic heterocycles. The van der Waals surface area contributed by atoms with Crippen LogP contribution >= 0.6 is 0 Å². The van der Waals surface area contributed by atoms with Crippen molar-refractivity contribution >= 4 is 11.5 Å². The highest BCUT2D eigenvalue weighted by Gasteiger charge is 2.41. The van der Waals surface area contributed by atoms with E-state index in [4.69, 9.17) is 4.74 Å². The minimum absolute atomic E-state index is 0.0518. The molecule has 2 heterocycles. The van der Waals surface area contributed by atoms with Crippen LogP contribution in [0.25, 0.3) is 5.65 Å². The van der Waals surface area contributed by atoms with Crippen LogP contribution < -0.4 is 10.1 Å². The number of aromatic nitrogens is 4. The predicted octanol–water partition coefficient (Wildman–Crippen LogP) is 3.69. The van der Waals surface area contributed by atoms with Crippen molar-refractivity contribution in [1.29, 1.82) is 0 Å². The Kier molecular flexibility index (Phi) is 4.16. The second-order valence-corrected chi connectivity index (χ2v) is 6.70. The van der Waals surface area contributed by atoms with Crippen LogP contribution in [0.2, 0.25) is 0 Å². The summed E-state index contributed by atoms with van der Waals surface area (Å²) in [5.41, 5.74) is 1.03. The maximum absolute atomic E-state index is 13.0. The molecule has 1 N–H and O–H groups in total. The summed E-state index contributed by atoms with van der Waals surface area (Å²) in [7, 11) is 1.64. The number of hydrogen-bond acceptors (Lipinski definition) is 5. The lowest BCUT2D eigenvalue weighted by molar-refractivity contribution is -0.146. The number of fused-ring (bicyclic) bond motifs is 1. The lowest BCUT2D eigenvalue weighted by atomic mass is 9.64. The van der Waals surface area contributed by atoms with Crippen molar-refractivity contribution in [2.45, 2.75) is 30.9 Å². The van der Waals surface area contributed by atoms with E-state index in [2.05, 4.69) is 20.6 Å². The fourth-order valence-electron chi connectivity index (χ4n) is 3.55. The molecule has 1 fully saturated rings. The second kappa shape index (κ2) is 6.40. The topological polar surface area (TPSA) is 64.3 Å². The van der Waals surface area contributed by atoms with Crippen LogP contribution in [0.1, 0.15) is 30.7 Å². The van der Waals surface area contributed by atoms with Gasteiger partial charge < -0.3 is 10.1 Å². The van der Waals surface area contributed by atoms with Gasteiger partial charge in [-0.15, -0.1) is 15.3 Å². The van der Waals surface area contributed by atoms with Gasteiger partial charge in [0, 0.05) is 17.5 Å². The minimum Gasteiger partial charge on any atom is -0.496 e. The molecular weight excluding hydrogens is 359 g/mol. The summed E-state index contributed by atoms with van der Waals surface area (Å²) in [6.45, 7) is 0.551. The molecule has 0 atom stereocenters. The van der Waals surface area contributed by atoms with Crippen molar-refractivity contribution in [2.24, 2.45) is 0 Å². The van der Waals surface area contributed by atoms with Crippen LogP contribution in [-0.4, -0.2) is 33.5 Å². The molecular formula is C18H18F3N5O. The number of hydrogen-bond donors (Lipinski definition) is 1. The molecule has 0 radical (unpaired) electrons. The van der Waals surface area contributed by atoms with Crippen molar-refractivity contribution < 1.29 is 17.9 Å². The summed E-state index contributed by atoms with van der Waals surface area (Å²) in [4.78, 5) is 0. The third kappa shape index (κ3) is 3.07. The van der Waals surface area contributed by atoms with Crippen LogP contribution in [0, 0.1) is 0 Å². The Morgan fingerprint density at radius 1 is 1.15 bits per heavy atom.